The normalized spacial score (nSPS) is 23.3. The Balaban J connectivity index is 1.61. The first kappa shape index (κ1) is 25.9. The molecule has 1 saturated heterocycles. The van der Waals surface area contributed by atoms with Crippen molar-refractivity contribution < 1.29 is 34.0 Å². The van der Waals surface area contributed by atoms with E-state index in [0.717, 1.165) is 17.1 Å². The zero-order valence-corrected chi connectivity index (χ0v) is 19.9. The van der Waals surface area contributed by atoms with Gasteiger partial charge in [-0.15, -0.1) is 0 Å². The number of ketones is 1. The second kappa shape index (κ2) is 12.1. The van der Waals surface area contributed by atoms with E-state index in [-0.39, 0.29) is 24.4 Å². The van der Waals surface area contributed by atoms with Crippen LogP contribution in [-0.4, -0.2) is 53.6 Å². The third-order valence-corrected chi connectivity index (χ3v) is 5.88. The van der Waals surface area contributed by atoms with Gasteiger partial charge in [-0.25, -0.2) is 0 Å². The van der Waals surface area contributed by atoms with E-state index >= 15 is 0 Å². The first-order valence-corrected chi connectivity index (χ1v) is 11.5. The van der Waals surface area contributed by atoms with Gasteiger partial charge in [-0.3, -0.25) is 4.79 Å². The molecular formula is C27H34O7. The van der Waals surface area contributed by atoms with Crippen molar-refractivity contribution in [3.8, 4) is 11.5 Å². The average molecular weight is 471 g/mol. The minimum absolute atomic E-state index is 0.148. The zero-order valence-electron chi connectivity index (χ0n) is 19.9. The molecule has 7 nitrogen and oxygen atoms in total. The first-order valence-electron chi connectivity index (χ1n) is 11.5. The molecule has 0 aromatic heterocycles. The molecule has 0 spiro atoms. The fourth-order valence-electron chi connectivity index (χ4n) is 3.54. The van der Waals surface area contributed by atoms with Crippen LogP contribution in [0.3, 0.4) is 0 Å². The van der Waals surface area contributed by atoms with Crippen molar-refractivity contribution in [1.82, 2.24) is 0 Å². The second-order valence-electron chi connectivity index (χ2n) is 8.71. The summed E-state index contributed by atoms with van der Waals surface area (Å²) in [7, 11) is 1.62. The molecule has 5 atom stereocenters. The number of ether oxygens (including phenoxy) is 4. The number of aliphatic hydroxyl groups excluding tert-OH is 1. The lowest BCUT2D eigenvalue weighted by Gasteiger charge is -2.36. The number of rotatable bonds is 11. The smallest absolute Gasteiger partial charge is 0.184 e. The molecule has 1 fully saturated rings. The van der Waals surface area contributed by atoms with Crippen LogP contribution in [0.4, 0.5) is 0 Å². The highest BCUT2D eigenvalue weighted by atomic mass is 16.7. The zero-order chi connectivity index (χ0) is 24.6. The van der Waals surface area contributed by atoms with Crippen molar-refractivity contribution in [3.05, 3.63) is 72.3 Å². The minimum Gasteiger partial charge on any atom is -0.497 e. The fraction of sp³-hybridized carbons (Fsp3) is 0.444. The van der Waals surface area contributed by atoms with Gasteiger partial charge in [0.05, 0.1) is 32.0 Å². The summed E-state index contributed by atoms with van der Waals surface area (Å²) in [6.45, 7) is 3.38. The third-order valence-electron chi connectivity index (χ3n) is 5.88. The largest absolute Gasteiger partial charge is 0.497 e. The van der Waals surface area contributed by atoms with Gasteiger partial charge in [0.15, 0.2) is 12.1 Å². The van der Waals surface area contributed by atoms with Gasteiger partial charge < -0.3 is 29.2 Å². The molecule has 2 aromatic carbocycles. The highest BCUT2D eigenvalue weighted by Gasteiger charge is 2.32. The maximum Gasteiger partial charge on any atom is 0.184 e. The van der Waals surface area contributed by atoms with Crippen LogP contribution in [0.5, 0.6) is 11.5 Å². The van der Waals surface area contributed by atoms with Crippen molar-refractivity contribution in [2.24, 2.45) is 0 Å². The van der Waals surface area contributed by atoms with Gasteiger partial charge >= 0.3 is 0 Å². The van der Waals surface area contributed by atoms with E-state index < -0.39 is 18.0 Å². The summed E-state index contributed by atoms with van der Waals surface area (Å²) >= 11 is 0. The fourth-order valence-corrected chi connectivity index (χ4v) is 3.54. The summed E-state index contributed by atoms with van der Waals surface area (Å²) in [6.07, 6.45) is 1.89. The number of hydrogen-bond acceptors (Lipinski definition) is 7. The molecular weight excluding hydrogens is 436 g/mol. The maximum atomic E-state index is 12.5. The molecule has 184 valence electrons. The van der Waals surface area contributed by atoms with Crippen LogP contribution < -0.4 is 9.47 Å². The molecule has 1 aliphatic rings. The Labute approximate surface area is 200 Å². The van der Waals surface area contributed by atoms with Crippen LogP contribution in [0.1, 0.15) is 45.0 Å². The van der Waals surface area contributed by atoms with E-state index in [1.807, 2.05) is 54.6 Å². The Hall–Kier alpha value is -2.71. The SMILES string of the molecule is COc1ccc(OCC[C@@H]2C[C@H](CC(=O)/C=C/[C@](C)(O)[C@@H](C)O)O[C@H](c3ccccc3)O2)cc1. The van der Waals surface area contributed by atoms with Crippen LogP contribution in [0.15, 0.2) is 66.7 Å². The lowest BCUT2D eigenvalue weighted by atomic mass is 9.97. The molecule has 0 aliphatic carbocycles. The molecule has 0 amide bonds. The van der Waals surface area contributed by atoms with Gasteiger partial charge in [0, 0.05) is 24.8 Å². The monoisotopic (exact) mass is 470 g/mol. The predicted octanol–water partition coefficient (Wildman–Crippen LogP) is 3.98. The Morgan fingerprint density at radius 2 is 1.76 bits per heavy atom. The van der Waals surface area contributed by atoms with Gasteiger partial charge in [-0.05, 0) is 50.3 Å². The van der Waals surface area contributed by atoms with Crippen molar-refractivity contribution in [1.29, 1.82) is 0 Å². The van der Waals surface area contributed by atoms with Gasteiger partial charge in [0.2, 0.25) is 0 Å². The molecule has 2 aromatic rings. The number of carbonyl (C=O) groups is 1. The van der Waals surface area contributed by atoms with Crippen LogP contribution in [0, 0.1) is 0 Å². The lowest BCUT2D eigenvalue weighted by molar-refractivity contribution is -0.249. The highest BCUT2D eigenvalue weighted by Crippen LogP contribution is 2.32. The van der Waals surface area contributed by atoms with Crippen molar-refractivity contribution in [2.45, 2.75) is 63.3 Å². The molecule has 7 heteroatoms. The van der Waals surface area contributed by atoms with Crippen molar-refractivity contribution in [3.63, 3.8) is 0 Å². The molecule has 3 rings (SSSR count). The van der Waals surface area contributed by atoms with E-state index in [1.165, 1.54) is 26.0 Å². The highest BCUT2D eigenvalue weighted by molar-refractivity contribution is 5.90. The Kier molecular flexibility index (Phi) is 9.24. The summed E-state index contributed by atoms with van der Waals surface area (Å²) in [5.74, 6) is 1.32. The van der Waals surface area contributed by atoms with Crippen LogP contribution >= 0.6 is 0 Å². The molecule has 0 saturated carbocycles. The van der Waals surface area contributed by atoms with Gasteiger partial charge in [0.25, 0.3) is 0 Å². The van der Waals surface area contributed by atoms with E-state index in [9.17, 15) is 15.0 Å². The van der Waals surface area contributed by atoms with Crippen molar-refractivity contribution in [2.75, 3.05) is 13.7 Å². The molecule has 1 aliphatic heterocycles. The summed E-state index contributed by atoms with van der Waals surface area (Å²) in [6, 6.07) is 17.0. The number of hydrogen-bond donors (Lipinski definition) is 2. The third kappa shape index (κ3) is 7.67. The Morgan fingerprint density at radius 3 is 2.41 bits per heavy atom. The quantitative estimate of drug-likeness (QED) is 0.480. The lowest BCUT2D eigenvalue weighted by Crippen LogP contribution is -2.36. The van der Waals surface area contributed by atoms with Crippen molar-refractivity contribution >= 4 is 5.78 Å². The molecule has 0 radical (unpaired) electrons. The van der Waals surface area contributed by atoms with E-state index in [4.69, 9.17) is 18.9 Å². The number of methoxy groups -OCH3 is 1. The molecule has 34 heavy (non-hydrogen) atoms. The van der Waals surface area contributed by atoms with E-state index in [1.54, 1.807) is 7.11 Å². The minimum atomic E-state index is -1.47. The Morgan fingerprint density at radius 1 is 1.12 bits per heavy atom. The second-order valence-corrected chi connectivity index (χ2v) is 8.71. The van der Waals surface area contributed by atoms with Crippen LogP contribution in [0.2, 0.25) is 0 Å². The van der Waals surface area contributed by atoms with Crippen LogP contribution in [-0.2, 0) is 14.3 Å². The number of allylic oxidation sites excluding steroid dienone is 1. The summed E-state index contributed by atoms with van der Waals surface area (Å²) < 4.78 is 23.3. The first-order chi connectivity index (χ1) is 16.3. The molecule has 2 N–H and O–H groups in total. The number of aliphatic hydroxyl groups is 2. The van der Waals surface area contributed by atoms with E-state index in [0.29, 0.717) is 19.4 Å². The average Bonchev–Trinajstić information content (AvgIpc) is 2.83. The predicted molar refractivity (Wildman–Crippen MR) is 128 cm³/mol. The van der Waals surface area contributed by atoms with Gasteiger partial charge in [0.1, 0.15) is 17.1 Å². The molecule has 0 bridgehead atoms. The molecule has 1 heterocycles. The summed E-state index contributed by atoms with van der Waals surface area (Å²) in [5, 5.41) is 19.8. The summed E-state index contributed by atoms with van der Waals surface area (Å²) in [4.78, 5) is 12.5. The Bertz CT molecular complexity index is 922. The molecule has 0 unspecified atom stereocenters. The van der Waals surface area contributed by atoms with E-state index in [2.05, 4.69) is 0 Å². The maximum absolute atomic E-state index is 12.5. The topological polar surface area (TPSA) is 94.5 Å². The standard InChI is InChI=1S/C27H34O7/c1-19(28)27(2,30)15-13-21(29)17-25-18-24(33-26(34-25)20-7-5-4-6-8-20)14-16-32-23-11-9-22(31-3)10-12-23/h4-13,15,19,24-26,28,30H,14,16-18H2,1-3H3/b15-13+/t19-,24-,25+,26-,27+/m1/s1. The van der Waals surface area contributed by atoms with Gasteiger partial charge in [-0.2, -0.15) is 0 Å². The number of benzene rings is 2. The number of carbonyl (C=O) groups excluding carboxylic acids is 1. The summed E-state index contributed by atoms with van der Waals surface area (Å²) in [5.41, 5.74) is -0.589. The van der Waals surface area contributed by atoms with Gasteiger partial charge in [-0.1, -0.05) is 30.3 Å². The van der Waals surface area contributed by atoms with Crippen LogP contribution in [0.25, 0.3) is 0 Å².